The fraction of sp³-hybridized carbons (Fsp3) is 0.629. The van der Waals surface area contributed by atoms with Crippen LogP contribution in [-0.2, 0) is 70.4 Å². The molecule has 1 unspecified atom stereocenters. The van der Waals surface area contributed by atoms with Crippen molar-refractivity contribution in [2.24, 2.45) is 35.3 Å². The van der Waals surface area contributed by atoms with Gasteiger partial charge in [-0.25, -0.2) is 14.4 Å². The number of carbonyl (C=O) groups is 11. The van der Waals surface area contributed by atoms with E-state index in [0.29, 0.717) is 37.1 Å². The summed E-state index contributed by atoms with van der Waals surface area (Å²) in [6.45, 7) is 16.2. The molecule has 0 aromatic heterocycles. The quantitative estimate of drug-likeness (QED) is 0.0435. The lowest BCUT2D eigenvalue weighted by Gasteiger charge is -2.41. The van der Waals surface area contributed by atoms with Gasteiger partial charge in [0.05, 0.1) is 43.1 Å². The fourth-order valence-corrected chi connectivity index (χ4v) is 10.9. The number of benzene rings is 2. The second kappa shape index (κ2) is 36.4. The molecule has 11 atom stereocenters. The summed E-state index contributed by atoms with van der Waals surface area (Å²) in [4.78, 5) is 149. The molecule has 1 saturated heterocycles. The number of likely N-dealkylation sites (tertiary alicyclic amines) is 1. The summed E-state index contributed by atoms with van der Waals surface area (Å²) in [5, 5.41) is 34.9. The standard InChI is InChI=1S/C62H96N10O16/c1-14-38(8)53(46(86-12)33-48(74)72-31-19-23-45(72)54(87-13)39(9)55(77)67-44(60(82)83)32-40-20-16-15-17-21-40)70(10)59(81)51(36(4)5)69-58(80)52(37(6)7)71(11)62(85)88-34-41-24-26-42(27-25-41)65-56(78)43(22-18-30-64-61(63)84)66-57(79)50(35(2)3)68-47(73)28-29-49(75)76/h15-17,20-21,24-27,35-39,43-46,50-54H,14,18-19,22-23,28-34H2,1-13H3,(H,65,78)(H,66,79)(H,67,77)(H,68,73)(H,69,80)(H,75,76)(H,82,83)(H3,63,64,84)/t38-,39+,43-,44-,45?,46+,50-,51-,52-,53-,54+/m0/s1. The Kier molecular flexibility index (Phi) is 30.8. The number of nitrogens with two attached hydrogens (primary N) is 1. The van der Waals surface area contributed by atoms with Crippen molar-refractivity contribution in [1.29, 1.82) is 0 Å². The summed E-state index contributed by atoms with van der Waals surface area (Å²) in [5.74, 6) is -8.60. The first-order valence-corrected chi connectivity index (χ1v) is 30.1. The third-order valence-electron chi connectivity index (χ3n) is 16.0. The van der Waals surface area contributed by atoms with Crippen LogP contribution in [0.2, 0.25) is 0 Å². The summed E-state index contributed by atoms with van der Waals surface area (Å²) in [6, 6.07) is 7.64. The summed E-state index contributed by atoms with van der Waals surface area (Å²) in [5.41, 5.74) is 6.74. The van der Waals surface area contributed by atoms with E-state index in [1.807, 2.05) is 19.9 Å². The van der Waals surface area contributed by atoms with E-state index >= 15 is 0 Å². The first-order chi connectivity index (χ1) is 41.5. The van der Waals surface area contributed by atoms with Crippen LogP contribution in [0.4, 0.5) is 15.3 Å². The Morgan fingerprint density at radius 1 is 0.705 bits per heavy atom. The highest BCUT2D eigenvalue weighted by Crippen LogP contribution is 2.30. The topological polar surface area (TPSA) is 364 Å². The molecule has 1 heterocycles. The van der Waals surface area contributed by atoms with Crippen LogP contribution in [-0.4, -0.2) is 186 Å². The molecule has 3 rings (SSSR count). The molecule has 88 heavy (non-hydrogen) atoms. The summed E-state index contributed by atoms with van der Waals surface area (Å²) in [6.07, 6.45) is -1.26. The molecule has 10 N–H and O–H groups in total. The third kappa shape index (κ3) is 22.7. The Morgan fingerprint density at radius 2 is 1.33 bits per heavy atom. The van der Waals surface area contributed by atoms with Gasteiger partial charge in [-0.15, -0.1) is 0 Å². The number of nitrogens with one attached hydrogen (secondary N) is 6. The maximum atomic E-state index is 14.8. The Morgan fingerprint density at radius 3 is 1.88 bits per heavy atom. The number of primary amides is 1. The van der Waals surface area contributed by atoms with Crippen molar-refractivity contribution in [3.05, 3.63) is 65.7 Å². The van der Waals surface area contributed by atoms with Gasteiger partial charge in [0.2, 0.25) is 41.4 Å². The van der Waals surface area contributed by atoms with E-state index in [1.54, 1.807) is 109 Å². The monoisotopic (exact) mass is 1240 g/mol. The van der Waals surface area contributed by atoms with Crippen molar-refractivity contribution < 1.29 is 77.2 Å². The molecule has 26 nitrogen and oxygen atoms in total. The van der Waals surface area contributed by atoms with Crippen molar-refractivity contribution >= 4 is 71.1 Å². The maximum Gasteiger partial charge on any atom is 0.410 e. The van der Waals surface area contributed by atoms with Gasteiger partial charge in [-0.05, 0) is 72.6 Å². The predicted octanol–water partition coefficient (Wildman–Crippen LogP) is 4.03. The van der Waals surface area contributed by atoms with Crippen LogP contribution in [0, 0.1) is 29.6 Å². The molecule has 2 aromatic rings. The van der Waals surface area contributed by atoms with Crippen molar-refractivity contribution in [3.8, 4) is 0 Å². The van der Waals surface area contributed by atoms with E-state index < -0.39 is 144 Å². The SMILES string of the molecule is CC[C@H](C)[C@@H]([C@@H](CC(=O)N1CCCC1[C@H](OC)[C@@H](C)C(=O)N[C@@H](Cc1ccccc1)C(=O)O)OC)N(C)C(=O)[C@@H](NC(=O)[C@H](C(C)C)N(C)C(=O)OCc1ccc(NC(=O)[C@H](CCCNC(N)=O)NC(=O)[C@@H](NC(=O)CCC(=O)O)C(C)C)cc1)C(C)C. The second-order valence-corrected chi connectivity index (χ2v) is 23.6. The predicted molar refractivity (Wildman–Crippen MR) is 327 cm³/mol. The number of carboxylic acid groups (broad SMARTS) is 2. The average Bonchev–Trinajstić information content (AvgIpc) is 4.08. The lowest BCUT2D eigenvalue weighted by molar-refractivity contribution is -0.148. The molecule has 490 valence electrons. The molecule has 2 aromatic carbocycles. The van der Waals surface area contributed by atoms with Gasteiger partial charge in [0.1, 0.15) is 36.8 Å². The van der Waals surface area contributed by atoms with Crippen molar-refractivity contribution in [2.45, 2.75) is 181 Å². The molecule has 10 amide bonds. The number of carbonyl (C=O) groups excluding carboxylic acids is 9. The number of methoxy groups -OCH3 is 2. The van der Waals surface area contributed by atoms with Gasteiger partial charge in [0, 0.05) is 59.9 Å². The molecule has 0 radical (unpaired) electrons. The summed E-state index contributed by atoms with van der Waals surface area (Å²) >= 11 is 0. The van der Waals surface area contributed by atoms with Crippen molar-refractivity contribution in [3.63, 3.8) is 0 Å². The van der Waals surface area contributed by atoms with Crippen molar-refractivity contribution in [1.82, 2.24) is 41.3 Å². The number of nitrogens with zero attached hydrogens (tertiary/aromatic N) is 3. The van der Waals surface area contributed by atoms with Gasteiger partial charge >= 0.3 is 24.1 Å². The minimum atomic E-state index is -1.19. The Bertz CT molecular complexity index is 2660. The highest BCUT2D eigenvalue weighted by atomic mass is 16.6. The first-order valence-electron chi connectivity index (χ1n) is 30.1. The fourth-order valence-electron chi connectivity index (χ4n) is 10.9. The van der Waals surface area contributed by atoms with Crippen molar-refractivity contribution in [2.75, 3.05) is 46.7 Å². The van der Waals surface area contributed by atoms with Crippen LogP contribution in [0.15, 0.2) is 54.6 Å². The summed E-state index contributed by atoms with van der Waals surface area (Å²) < 4.78 is 17.6. The molecular formula is C62H96N10O16. The van der Waals surface area contributed by atoms with E-state index in [9.17, 15) is 57.8 Å². The highest BCUT2D eigenvalue weighted by Gasteiger charge is 2.44. The van der Waals surface area contributed by atoms with Crippen LogP contribution >= 0.6 is 0 Å². The molecule has 1 aliphatic heterocycles. The van der Waals surface area contributed by atoms with Gasteiger partial charge in [-0.2, -0.15) is 0 Å². The Balaban J connectivity index is 1.72. The molecule has 0 spiro atoms. The van der Waals surface area contributed by atoms with E-state index in [-0.39, 0.29) is 57.1 Å². The minimum Gasteiger partial charge on any atom is -0.481 e. The lowest BCUT2D eigenvalue weighted by Crippen LogP contribution is -2.60. The largest absolute Gasteiger partial charge is 0.481 e. The van der Waals surface area contributed by atoms with Crippen LogP contribution < -0.4 is 37.6 Å². The number of amides is 10. The molecular weight excluding hydrogens is 1140 g/mol. The highest BCUT2D eigenvalue weighted by molar-refractivity contribution is 5.99. The second-order valence-electron chi connectivity index (χ2n) is 23.6. The summed E-state index contributed by atoms with van der Waals surface area (Å²) in [7, 11) is 5.94. The smallest absolute Gasteiger partial charge is 0.410 e. The number of hydrogen-bond donors (Lipinski definition) is 9. The normalized spacial score (nSPS) is 16.5. The number of rotatable bonds is 36. The van der Waals surface area contributed by atoms with Gasteiger partial charge in [0.25, 0.3) is 0 Å². The van der Waals surface area contributed by atoms with E-state index in [1.165, 1.54) is 26.2 Å². The number of aliphatic carboxylic acids is 2. The number of likely N-dealkylation sites (N-methyl/N-ethyl adjacent to an activating group) is 2. The molecule has 1 aliphatic rings. The maximum absolute atomic E-state index is 14.8. The van der Waals surface area contributed by atoms with Crippen LogP contribution in [0.3, 0.4) is 0 Å². The zero-order chi connectivity index (χ0) is 66.1. The minimum absolute atomic E-state index is 0.0522. The number of carboxylic acids is 2. The van der Waals surface area contributed by atoms with Crippen LogP contribution in [0.5, 0.6) is 0 Å². The van der Waals surface area contributed by atoms with E-state index in [2.05, 4.69) is 31.9 Å². The van der Waals surface area contributed by atoms with Gasteiger partial charge in [0.15, 0.2) is 0 Å². The lowest BCUT2D eigenvalue weighted by atomic mass is 9.89. The zero-order valence-corrected chi connectivity index (χ0v) is 53.3. The first kappa shape index (κ1) is 74.4. The Labute approximate surface area is 516 Å². The van der Waals surface area contributed by atoms with E-state index in [0.717, 1.165) is 10.5 Å². The van der Waals surface area contributed by atoms with Gasteiger partial charge in [-0.3, -0.25) is 43.3 Å². The van der Waals surface area contributed by atoms with E-state index in [4.69, 9.17) is 25.1 Å². The molecule has 0 saturated carbocycles. The Hall–Kier alpha value is -7.87. The third-order valence-corrected chi connectivity index (χ3v) is 16.0. The molecule has 0 aliphatic carbocycles. The van der Waals surface area contributed by atoms with Crippen LogP contribution in [0.25, 0.3) is 0 Å². The van der Waals surface area contributed by atoms with Gasteiger partial charge < -0.3 is 71.9 Å². The zero-order valence-electron chi connectivity index (χ0n) is 53.3. The van der Waals surface area contributed by atoms with Crippen LogP contribution in [0.1, 0.15) is 125 Å². The average molecular weight is 1240 g/mol. The van der Waals surface area contributed by atoms with Gasteiger partial charge in [-0.1, -0.05) is 111 Å². The molecule has 26 heteroatoms. The molecule has 0 bridgehead atoms. The number of hydrogen-bond acceptors (Lipinski definition) is 14. The number of urea groups is 1. The number of ether oxygens (including phenoxy) is 3. The number of anilines is 1. The molecule has 1 fully saturated rings.